The molecule has 2 aromatic rings. The molecule has 7 nitrogen and oxygen atoms in total. The average Bonchev–Trinajstić information content (AvgIpc) is 2.92. The van der Waals surface area contributed by atoms with Gasteiger partial charge in [0.15, 0.2) is 11.6 Å². The van der Waals surface area contributed by atoms with Crippen molar-refractivity contribution in [1.29, 1.82) is 0 Å². The lowest BCUT2D eigenvalue weighted by Gasteiger charge is -2.32. The number of morpholine rings is 1. The van der Waals surface area contributed by atoms with E-state index < -0.39 is 0 Å². The molecule has 0 unspecified atom stereocenters. The number of aromatic nitrogens is 4. The summed E-state index contributed by atoms with van der Waals surface area (Å²) in [6.45, 7) is 5.31. The second kappa shape index (κ2) is 5.84. The van der Waals surface area contributed by atoms with Gasteiger partial charge in [0, 0.05) is 37.4 Å². The maximum absolute atomic E-state index is 12.5. The van der Waals surface area contributed by atoms with Gasteiger partial charge in [0.05, 0.1) is 13.2 Å². The molecule has 7 heteroatoms. The number of nitrogens with zero attached hydrogens (tertiary/aromatic N) is 5. The summed E-state index contributed by atoms with van der Waals surface area (Å²) >= 11 is 0. The molecule has 0 bridgehead atoms. The highest BCUT2D eigenvalue weighted by molar-refractivity contribution is 5.90. The zero-order chi connectivity index (χ0) is 15.7. The second-order valence-electron chi connectivity index (χ2n) is 5.48. The molecule has 0 aliphatic carbocycles. The Morgan fingerprint density at radius 1 is 1.32 bits per heavy atom. The number of carbonyl (C=O) groups is 1. The summed E-state index contributed by atoms with van der Waals surface area (Å²) in [6, 6.07) is 1.92. The van der Waals surface area contributed by atoms with Crippen LogP contribution in [0.1, 0.15) is 33.9 Å². The van der Waals surface area contributed by atoms with Gasteiger partial charge in [-0.3, -0.25) is 4.79 Å². The first kappa shape index (κ1) is 14.6. The molecule has 1 aliphatic rings. The van der Waals surface area contributed by atoms with Crippen LogP contribution in [0.3, 0.4) is 0 Å². The third-order valence-electron chi connectivity index (χ3n) is 3.65. The summed E-state index contributed by atoms with van der Waals surface area (Å²) < 4.78 is 7.48. The Kier molecular flexibility index (Phi) is 3.89. The third-order valence-corrected chi connectivity index (χ3v) is 3.65. The highest BCUT2D eigenvalue weighted by Crippen LogP contribution is 2.21. The summed E-state index contributed by atoms with van der Waals surface area (Å²) in [5.74, 6) is 0.974. The zero-order valence-corrected chi connectivity index (χ0v) is 13.0. The highest BCUT2D eigenvalue weighted by Gasteiger charge is 2.29. The van der Waals surface area contributed by atoms with E-state index in [4.69, 9.17) is 4.74 Å². The second-order valence-corrected chi connectivity index (χ2v) is 5.48. The Morgan fingerprint density at radius 2 is 2.05 bits per heavy atom. The predicted molar refractivity (Wildman–Crippen MR) is 79.3 cm³/mol. The van der Waals surface area contributed by atoms with Crippen LogP contribution in [0, 0.1) is 13.8 Å². The number of rotatable bonds is 2. The van der Waals surface area contributed by atoms with Gasteiger partial charge in [-0.15, -0.1) is 0 Å². The standard InChI is InChI=1S/C15H19N5O2/c1-10-8-11(2)18-13(17-10)12-9-20(6-7-22-12)15(21)14-16-4-5-19(14)3/h4-5,8,12H,6-7,9H2,1-3H3/t12-/m0/s1. The van der Waals surface area contributed by atoms with Gasteiger partial charge in [-0.2, -0.15) is 0 Å². The van der Waals surface area contributed by atoms with E-state index in [1.54, 1.807) is 21.9 Å². The minimum absolute atomic E-state index is 0.0924. The van der Waals surface area contributed by atoms with Crippen molar-refractivity contribution in [1.82, 2.24) is 24.4 Å². The molecule has 1 saturated heterocycles. The summed E-state index contributed by atoms with van der Waals surface area (Å²) in [5, 5.41) is 0. The molecule has 1 atom stereocenters. The largest absolute Gasteiger partial charge is 0.367 e. The van der Waals surface area contributed by atoms with Crippen LogP contribution < -0.4 is 0 Å². The first-order valence-corrected chi connectivity index (χ1v) is 7.25. The van der Waals surface area contributed by atoms with Crippen molar-refractivity contribution in [3.8, 4) is 0 Å². The molecule has 0 saturated carbocycles. The Hall–Kier alpha value is -2.28. The van der Waals surface area contributed by atoms with Crippen molar-refractivity contribution in [3.05, 3.63) is 41.5 Å². The van der Waals surface area contributed by atoms with Gasteiger partial charge in [-0.1, -0.05) is 0 Å². The number of imidazole rings is 1. The maximum atomic E-state index is 12.5. The molecule has 116 valence electrons. The van der Waals surface area contributed by atoms with Gasteiger partial charge in [0.1, 0.15) is 6.10 Å². The van der Waals surface area contributed by atoms with Gasteiger partial charge in [0.2, 0.25) is 0 Å². The average molecular weight is 301 g/mol. The highest BCUT2D eigenvalue weighted by atomic mass is 16.5. The van der Waals surface area contributed by atoms with E-state index in [1.807, 2.05) is 27.0 Å². The third kappa shape index (κ3) is 2.85. The lowest BCUT2D eigenvalue weighted by Crippen LogP contribution is -2.43. The van der Waals surface area contributed by atoms with Crippen molar-refractivity contribution in [2.75, 3.05) is 19.7 Å². The Morgan fingerprint density at radius 3 is 2.68 bits per heavy atom. The van der Waals surface area contributed by atoms with E-state index >= 15 is 0 Å². The summed E-state index contributed by atoms with van der Waals surface area (Å²) in [7, 11) is 1.81. The van der Waals surface area contributed by atoms with Gasteiger partial charge in [0.25, 0.3) is 5.91 Å². The lowest BCUT2D eigenvalue weighted by atomic mass is 10.2. The van der Waals surface area contributed by atoms with Crippen molar-refractivity contribution in [3.63, 3.8) is 0 Å². The molecule has 3 heterocycles. The minimum atomic E-state index is -0.295. The number of amides is 1. The van der Waals surface area contributed by atoms with Crippen molar-refractivity contribution >= 4 is 5.91 Å². The van der Waals surface area contributed by atoms with Crippen LogP contribution in [0.5, 0.6) is 0 Å². The fourth-order valence-corrected chi connectivity index (χ4v) is 2.60. The zero-order valence-electron chi connectivity index (χ0n) is 13.0. The van der Waals surface area contributed by atoms with Crippen LogP contribution in [-0.4, -0.2) is 50.0 Å². The van der Waals surface area contributed by atoms with E-state index in [0.717, 1.165) is 11.4 Å². The monoisotopic (exact) mass is 301 g/mol. The maximum Gasteiger partial charge on any atom is 0.290 e. The molecular weight excluding hydrogens is 282 g/mol. The Bertz CT molecular complexity index is 677. The molecule has 3 rings (SSSR count). The SMILES string of the molecule is Cc1cc(C)nc([C@@H]2CN(C(=O)c3nccn3C)CCO2)n1. The number of hydrogen-bond donors (Lipinski definition) is 0. The van der Waals surface area contributed by atoms with Crippen LogP contribution in [0.2, 0.25) is 0 Å². The van der Waals surface area contributed by atoms with Gasteiger partial charge < -0.3 is 14.2 Å². The van der Waals surface area contributed by atoms with Gasteiger partial charge in [-0.05, 0) is 19.9 Å². The van der Waals surface area contributed by atoms with Crippen LogP contribution in [0.4, 0.5) is 0 Å². The van der Waals surface area contributed by atoms with Crippen molar-refractivity contribution < 1.29 is 9.53 Å². The number of aryl methyl sites for hydroxylation is 3. The molecule has 22 heavy (non-hydrogen) atoms. The number of ether oxygens (including phenoxy) is 1. The van der Waals surface area contributed by atoms with Crippen molar-refractivity contribution in [2.24, 2.45) is 7.05 Å². The Balaban J connectivity index is 1.79. The normalized spacial score (nSPS) is 18.5. The number of hydrogen-bond acceptors (Lipinski definition) is 5. The minimum Gasteiger partial charge on any atom is -0.367 e. The van der Waals surface area contributed by atoms with Crippen molar-refractivity contribution in [2.45, 2.75) is 20.0 Å². The lowest BCUT2D eigenvalue weighted by molar-refractivity contribution is -0.0274. The van der Waals surface area contributed by atoms with Crippen LogP contribution in [0.15, 0.2) is 18.5 Å². The quantitative estimate of drug-likeness (QED) is 0.828. The summed E-state index contributed by atoms with van der Waals surface area (Å²) in [6.07, 6.45) is 3.09. The fraction of sp³-hybridized carbons (Fsp3) is 0.467. The molecule has 0 spiro atoms. The van der Waals surface area contributed by atoms with E-state index in [0.29, 0.717) is 31.3 Å². The van der Waals surface area contributed by atoms with Crippen LogP contribution in [0.25, 0.3) is 0 Å². The van der Waals surface area contributed by atoms with Gasteiger partial charge in [-0.25, -0.2) is 15.0 Å². The first-order chi connectivity index (χ1) is 10.5. The number of carbonyl (C=O) groups excluding carboxylic acids is 1. The molecule has 0 aromatic carbocycles. The summed E-state index contributed by atoms with van der Waals surface area (Å²) in [5.41, 5.74) is 1.80. The molecule has 0 N–H and O–H groups in total. The van der Waals surface area contributed by atoms with E-state index in [1.165, 1.54) is 0 Å². The molecule has 1 fully saturated rings. The van der Waals surface area contributed by atoms with Crippen LogP contribution in [-0.2, 0) is 11.8 Å². The molecule has 0 radical (unpaired) electrons. The smallest absolute Gasteiger partial charge is 0.290 e. The van der Waals surface area contributed by atoms with E-state index in [2.05, 4.69) is 15.0 Å². The van der Waals surface area contributed by atoms with E-state index in [9.17, 15) is 4.79 Å². The topological polar surface area (TPSA) is 73.1 Å². The first-order valence-electron chi connectivity index (χ1n) is 7.25. The summed E-state index contributed by atoms with van der Waals surface area (Å²) in [4.78, 5) is 27.3. The predicted octanol–water partition coefficient (Wildman–Crippen LogP) is 1.04. The van der Waals surface area contributed by atoms with E-state index in [-0.39, 0.29) is 12.0 Å². The van der Waals surface area contributed by atoms with Gasteiger partial charge >= 0.3 is 0 Å². The van der Waals surface area contributed by atoms with Crippen LogP contribution >= 0.6 is 0 Å². The molecule has 2 aromatic heterocycles. The fourth-order valence-electron chi connectivity index (χ4n) is 2.60. The molecule has 1 aliphatic heterocycles. The Labute approximate surface area is 129 Å². The molecular formula is C15H19N5O2. The molecule has 1 amide bonds.